The maximum absolute atomic E-state index is 11.8. The Morgan fingerprint density at radius 2 is 1.88 bits per heavy atom. The van der Waals surface area contributed by atoms with Crippen LogP contribution in [-0.4, -0.2) is 17.2 Å². The van der Waals surface area contributed by atoms with E-state index in [4.69, 9.17) is 21.7 Å². The van der Waals surface area contributed by atoms with Gasteiger partial charge in [0.2, 0.25) is 5.17 Å². The van der Waals surface area contributed by atoms with Crippen LogP contribution < -0.4 is 0 Å². The third kappa shape index (κ3) is 4.69. The molecule has 1 N–H and O–H groups in total. The number of hydrogen-bond acceptors (Lipinski definition) is 3. The van der Waals surface area contributed by atoms with Crippen LogP contribution in [0.15, 0.2) is 11.6 Å². The quantitative estimate of drug-likeness (QED) is 0.229. The molecular weight excluding hydrogens is 430 g/mol. The van der Waals surface area contributed by atoms with Crippen LogP contribution in [0.3, 0.4) is 0 Å². The Morgan fingerprint density at radius 3 is 2.58 bits per heavy atom. The van der Waals surface area contributed by atoms with Crippen molar-refractivity contribution in [3.05, 3.63) is 11.6 Å². The molecule has 3 saturated carbocycles. The first-order valence-corrected chi connectivity index (χ1v) is 14.1. The zero-order valence-corrected chi connectivity index (χ0v) is 22.3. The molecule has 186 valence electrons. The highest BCUT2D eigenvalue weighted by Crippen LogP contribution is 2.67. The summed E-state index contributed by atoms with van der Waals surface area (Å²) >= 11 is 5.54. The lowest BCUT2D eigenvalue weighted by Gasteiger charge is -2.58. The average Bonchev–Trinajstić information content (AvgIpc) is 3.11. The van der Waals surface area contributed by atoms with E-state index in [1.54, 1.807) is 0 Å². The van der Waals surface area contributed by atoms with E-state index in [1.807, 2.05) is 0 Å². The second kappa shape index (κ2) is 9.67. The van der Waals surface area contributed by atoms with Gasteiger partial charge in [0, 0.05) is 6.42 Å². The average molecular weight is 476 g/mol. The van der Waals surface area contributed by atoms with Crippen LogP contribution in [0.4, 0.5) is 0 Å². The van der Waals surface area contributed by atoms with Crippen molar-refractivity contribution in [2.24, 2.45) is 46.3 Å². The summed E-state index contributed by atoms with van der Waals surface area (Å²) in [4.78, 5) is 11.8. The van der Waals surface area contributed by atoms with Gasteiger partial charge in [-0.05, 0) is 91.3 Å². The minimum absolute atomic E-state index is 0.121. The van der Waals surface area contributed by atoms with Crippen LogP contribution in [0.1, 0.15) is 105 Å². The van der Waals surface area contributed by atoms with Crippen LogP contribution in [0.2, 0.25) is 0 Å². The summed E-state index contributed by atoms with van der Waals surface area (Å²) in [5.41, 5.74) is 2.28. The van der Waals surface area contributed by atoms with E-state index >= 15 is 0 Å². The van der Waals surface area contributed by atoms with Crippen molar-refractivity contribution in [3.8, 4) is 0 Å². The van der Waals surface area contributed by atoms with Crippen molar-refractivity contribution < 1.29 is 9.53 Å². The van der Waals surface area contributed by atoms with Gasteiger partial charge >= 0.3 is 5.97 Å². The molecule has 0 aliphatic heterocycles. The fourth-order valence-electron chi connectivity index (χ4n) is 8.96. The Morgan fingerprint density at radius 1 is 1.12 bits per heavy atom. The summed E-state index contributed by atoms with van der Waals surface area (Å²) in [6, 6.07) is 0. The van der Waals surface area contributed by atoms with Gasteiger partial charge < -0.3 is 4.74 Å². The van der Waals surface area contributed by atoms with Gasteiger partial charge in [0.15, 0.2) is 0 Å². The van der Waals surface area contributed by atoms with Crippen LogP contribution in [0.5, 0.6) is 0 Å². The van der Waals surface area contributed by atoms with E-state index in [1.165, 1.54) is 56.9 Å². The molecule has 0 radical (unpaired) electrons. The summed E-state index contributed by atoms with van der Waals surface area (Å²) in [6.45, 7) is 12.4. The Kier molecular flexibility index (Phi) is 7.40. The predicted octanol–water partition coefficient (Wildman–Crippen LogP) is 8.16. The molecule has 4 rings (SSSR count). The lowest BCUT2D eigenvalue weighted by molar-refractivity contribution is -0.143. The highest BCUT2D eigenvalue weighted by atomic mass is 35.5. The maximum atomic E-state index is 11.8. The summed E-state index contributed by atoms with van der Waals surface area (Å²) in [7, 11) is 0. The maximum Gasteiger partial charge on any atom is 0.368 e. The third-order valence-corrected chi connectivity index (χ3v) is 10.9. The van der Waals surface area contributed by atoms with Crippen molar-refractivity contribution in [1.82, 2.24) is 0 Å². The summed E-state index contributed by atoms with van der Waals surface area (Å²) in [5.74, 6) is 4.36. The Bertz CT molecular complexity index is 790. The van der Waals surface area contributed by atoms with E-state index in [0.717, 1.165) is 54.8 Å². The lowest BCUT2D eigenvalue weighted by atomic mass is 9.47. The van der Waals surface area contributed by atoms with Crippen LogP contribution in [0.25, 0.3) is 0 Å². The second-order valence-corrected chi connectivity index (χ2v) is 13.3. The van der Waals surface area contributed by atoms with Crippen LogP contribution >= 0.6 is 11.6 Å². The molecule has 4 heteroatoms. The zero-order chi connectivity index (χ0) is 24.0. The number of hydrogen-bond donors (Lipinski definition) is 1. The minimum atomic E-state index is -0.674. The van der Waals surface area contributed by atoms with Crippen molar-refractivity contribution in [2.75, 3.05) is 0 Å². The van der Waals surface area contributed by atoms with E-state index in [0.29, 0.717) is 5.41 Å². The number of carbonyl (C=O) groups is 1. The standard InChI is InChI=1S/C29H46ClNO2/c1-18(2)7-6-8-19(3)23-11-12-24-22-10-9-20-17-21(33-27(32)26(30)31)13-15-28(20,4)25(22)14-16-29(23,24)5/h9,18-19,21-25,31H,6-8,10-17H2,1-5H3/t19-,21+,22+,23-,24+,25+,28+,29-/m1/s1. The number of allylic oxidation sites excluding steroid dienone is 1. The predicted molar refractivity (Wildman–Crippen MR) is 137 cm³/mol. The van der Waals surface area contributed by atoms with E-state index in [2.05, 4.69) is 40.7 Å². The highest BCUT2D eigenvalue weighted by Gasteiger charge is 2.59. The second-order valence-electron chi connectivity index (χ2n) is 12.9. The summed E-state index contributed by atoms with van der Waals surface area (Å²) in [6.07, 6.45) is 16.2. The molecule has 4 aliphatic carbocycles. The molecule has 0 unspecified atom stereocenters. The third-order valence-electron chi connectivity index (χ3n) is 10.7. The van der Waals surface area contributed by atoms with Gasteiger partial charge in [-0.1, -0.05) is 77.1 Å². The molecule has 0 aromatic rings. The van der Waals surface area contributed by atoms with Gasteiger partial charge in [0.1, 0.15) is 6.10 Å². The largest absolute Gasteiger partial charge is 0.457 e. The van der Waals surface area contributed by atoms with Crippen molar-refractivity contribution >= 4 is 22.7 Å². The van der Waals surface area contributed by atoms with Crippen molar-refractivity contribution in [1.29, 1.82) is 5.41 Å². The van der Waals surface area contributed by atoms with E-state index < -0.39 is 11.1 Å². The topological polar surface area (TPSA) is 50.2 Å². The molecule has 3 fully saturated rings. The molecule has 4 aliphatic rings. The molecule has 33 heavy (non-hydrogen) atoms. The molecule has 8 atom stereocenters. The van der Waals surface area contributed by atoms with E-state index in [9.17, 15) is 4.79 Å². The molecule has 0 spiro atoms. The number of esters is 1. The SMILES string of the molecule is CC(C)CCC[C@@H](C)[C@H]1CC[C@H]2[C@@H]3CC=C4C[C@@H](OC(=O)C(=N)Cl)CC[C@]4(C)[C@H]3CC[C@]12C. The summed E-state index contributed by atoms with van der Waals surface area (Å²) < 4.78 is 5.52. The number of ether oxygens (including phenoxy) is 1. The summed E-state index contributed by atoms with van der Waals surface area (Å²) in [5, 5.41) is 6.81. The molecule has 0 amide bonds. The van der Waals surface area contributed by atoms with Crippen LogP contribution in [-0.2, 0) is 9.53 Å². The van der Waals surface area contributed by atoms with Gasteiger partial charge in [-0.15, -0.1) is 0 Å². The molecule has 3 nitrogen and oxygen atoms in total. The minimum Gasteiger partial charge on any atom is -0.457 e. The normalized spacial score (nSPS) is 40.9. The molecule has 0 heterocycles. The number of fused-ring (bicyclic) bond motifs is 5. The molecule has 0 aromatic heterocycles. The fraction of sp³-hybridized carbons (Fsp3) is 0.862. The number of carbonyl (C=O) groups excluding carboxylic acids is 1. The fourth-order valence-corrected chi connectivity index (χ4v) is 9.00. The first-order valence-electron chi connectivity index (χ1n) is 13.7. The first kappa shape index (κ1) is 25.3. The number of rotatable bonds is 7. The number of halogens is 1. The molecule has 0 aromatic carbocycles. The van der Waals surface area contributed by atoms with Gasteiger partial charge in [-0.3, -0.25) is 5.41 Å². The van der Waals surface area contributed by atoms with Gasteiger partial charge in [0.25, 0.3) is 0 Å². The van der Waals surface area contributed by atoms with Crippen molar-refractivity contribution in [3.63, 3.8) is 0 Å². The zero-order valence-electron chi connectivity index (χ0n) is 21.6. The van der Waals surface area contributed by atoms with Crippen molar-refractivity contribution in [2.45, 2.75) is 111 Å². The highest BCUT2D eigenvalue weighted by molar-refractivity contribution is 6.81. The van der Waals surface area contributed by atoms with Gasteiger partial charge in [-0.25, -0.2) is 4.79 Å². The molecular formula is C29H46ClNO2. The Labute approximate surface area is 207 Å². The van der Waals surface area contributed by atoms with E-state index in [-0.39, 0.29) is 11.5 Å². The Balaban J connectivity index is 1.45. The van der Waals surface area contributed by atoms with Gasteiger partial charge in [-0.2, -0.15) is 0 Å². The monoisotopic (exact) mass is 475 g/mol. The Hall–Kier alpha value is -0.830. The molecule has 0 saturated heterocycles. The number of nitrogens with one attached hydrogen (secondary N) is 1. The first-order chi connectivity index (χ1) is 15.6. The van der Waals surface area contributed by atoms with Gasteiger partial charge in [0.05, 0.1) is 0 Å². The van der Waals surface area contributed by atoms with Crippen LogP contribution in [0, 0.1) is 51.7 Å². The smallest absolute Gasteiger partial charge is 0.368 e. The molecule has 0 bridgehead atoms. The lowest BCUT2D eigenvalue weighted by Crippen LogP contribution is -2.51.